The van der Waals surface area contributed by atoms with Crippen LogP contribution in [0.5, 0.6) is 0 Å². The van der Waals surface area contributed by atoms with Crippen molar-refractivity contribution < 1.29 is 4.92 Å². The van der Waals surface area contributed by atoms with E-state index in [1.54, 1.807) is 18.2 Å². The average molecular weight is 284 g/mol. The summed E-state index contributed by atoms with van der Waals surface area (Å²) in [5, 5.41) is 14.4. The van der Waals surface area contributed by atoms with Gasteiger partial charge in [-0.25, -0.2) is 0 Å². The Kier molecular flexibility index (Phi) is 5.06. The molecule has 0 heterocycles. The van der Waals surface area contributed by atoms with Crippen LogP contribution in [0.25, 0.3) is 0 Å². The summed E-state index contributed by atoms with van der Waals surface area (Å²) in [6.07, 6.45) is 0.934. The lowest BCUT2D eigenvalue weighted by Crippen LogP contribution is -2.20. The Morgan fingerprint density at radius 1 is 1.14 bits per heavy atom. The summed E-state index contributed by atoms with van der Waals surface area (Å²) in [5.41, 5.74) is 3.32. The first-order valence-corrected chi connectivity index (χ1v) is 7.14. The molecule has 4 heteroatoms. The SMILES string of the molecule is CCC(NCc1ccccc1[N+](=O)[O-])c1ccc(C)cc1. The van der Waals surface area contributed by atoms with Crippen LogP contribution in [0.2, 0.25) is 0 Å². The molecule has 0 aliphatic heterocycles. The van der Waals surface area contributed by atoms with Gasteiger partial charge >= 0.3 is 0 Å². The maximum atomic E-state index is 11.0. The maximum absolute atomic E-state index is 11.0. The molecule has 110 valence electrons. The van der Waals surface area contributed by atoms with Crippen LogP contribution in [0.3, 0.4) is 0 Å². The van der Waals surface area contributed by atoms with Crippen LogP contribution < -0.4 is 5.32 Å². The minimum atomic E-state index is -0.330. The topological polar surface area (TPSA) is 55.2 Å². The van der Waals surface area contributed by atoms with Gasteiger partial charge in [-0.05, 0) is 18.9 Å². The third-order valence-corrected chi connectivity index (χ3v) is 3.62. The van der Waals surface area contributed by atoms with Gasteiger partial charge in [-0.2, -0.15) is 0 Å². The number of nitrogens with one attached hydrogen (secondary N) is 1. The Morgan fingerprint density at radius 3 is 2.43 bits per heavy atom. The standard InChI is InChI=1S/C17H20N2O2/c1-3-16(14-10-8-13(2)9-11-14)18-12-15-6-4-5-7-17(15)19(20)21/h4-11,16,18H,3,12H2,1-2H3. The Bertz CT molecular complexity index is 608. The van der Waals surface area contributed by atoms with Crippen LogP contribution in [0.15, 0.2) is 48.5 Å². The molecule has 21 heavy (non-hydrogen) atoms. The maximum Gasteiger partial charge on any atom is 0.273 e. The van der Waals surface area contributed by atoms with Gasteiger partial charge in [0.25, 0.3) is 5.69 Å². The number of nitro groups is 1. The molecule has 0 spiro atoms. The Labute approximate surface area is 125 Å². The van der Waals surface area contributed by atoms with Gasteiger partial charge in [0.1, 0.15) is 0 Å². The van der Waals surface area contributed by atoms with Crippen molar-refractivity contribution in [2.45, 2.75) is 32.9 Å². The van der Waals surface area contributed by atoms with Crippen molar-refractivity contribution in [3.05, 3.63) is 75.3 Å². The normalized spacial score (nSPS) is 12.1. The monoisotopic (exact) mass is 284 g/mol. The van der Waals surface area contributed by atoms with Crippen LogP contribution in [0.1, 0.15) is 36.1 Å². The quantitative estimate of drug-likeness (QED) is 0.640. The Hall–Kier alpha value is -2.20. The van der Waals surface area contributed by atoms with Crippen molar-refractivity contribution in [1.29, 1.82) is 0 Å². The molecule has 0 aliphatic rings. The summed E-state index contributed by atoms with van der Waals surface area (Å²) in [6, 6.07) is 15.5. The molecule has 0 amide bonds. The molecule has 2 rings (SSSR count). The zero-order chi connectivity index (χ0) is 15.2. The van der Waals surface area contributed by atoms with Crippen molar-refractivity contribution >= 4 is 5.69 Å². The first-order valence-electron chi connectivity index (χ1n) is 7.14. The minimum absolute atomic E-state index is 0.170. The van der Waals surface area contributed by atoms with Crippen molar-refractivity contribution in [2.24, 2.45) is 0 Å². The fourth-order valence-corrected chi connectivity index (χ4v) is 2.37. The summed E-state index contributed by atoms with van der Waals surface area (Å²) >= 11 is 0. The van der Waals surface area contributed by atoms with E-state index < -0.39 is 0 Å². The summed E-state index contributed by atoms with van der Waals surface area (Å²) in [7, 11) is 0. The summed E-state index contributed by atoms with van der Waals surface area (Å²) < 4.78 is 0. The number of nitrogens with zero attached hydrogens (tertiary/aromatic N) is 1. The second-order valence-corrected chi connectivity index (χ2v) is 5.14. The second kappa shape index (κ2) is 6.99. The molecule has 1 N–H and O–H groups in total. The number of para-hydroxylation sites is 1. The fourth-order valence-electron chi connectivity index (χ4n) is 2.37. The van der Waals surface area contributed by atoms with E-state index >= 15 is 0 Å². The number of rotatable bonds is 6. The van der Waals surface area contributed by atoms with Crippen LogP contribution in [0.4, 0.5) is 5.69 Å². The van der Waals surface area contributed by atoms with Crippen LogP contribution in [-0.4, -0.2) is 4.92 Å². The van der Waals surface area contributed by atoms with Crippen molar-refractivity contribution in [3.8, 4) is 0 Å². The van der Waals surface area contributed by atoms with Gasteiger partial charge in [0.05, 0.1) is 4.92 Å². The Morgan fingerprint density at radius 2 is 1.81 bits per heavy atom. The average Bonchev–Trinajstić information content (AvgIpc) is 2.50. The number of hydrogen-bond acceptors (Lipinski definition) is 3. The minimum Gasteiger partial charge on any atom is -0.306 e. The molecule has 0 radical (unpaired) electrons. The summed E-state index contributed by atoms with van der Waals surface area (Å²) in [4.78, 5) is 10.7. The van der Waals surface area contributed by atoms with Gasteiger partial charge in [-0.3, -0.25) is 10.1 Å². The van der Waals surface area contributed by atoms with E-state index in [1.165, 1.54) is 11.1 Å². The third kappa shape index (κ3) is 3.89. The molecule has 0 bridgehead atoms. The van der Waals surface area contributed by atoms with Crippen molar-refractivity contribution in [3.63, 3.8) is 0 Å². The van der Waals surface area contributed by atoms with Crippen LogP contribution in [-0.2, 0) is 6.54 Å². The number of benzene rings is 2. The van der Waals surface area contributed by atoms with E-state index in [-0.39, 0.29) is 16.7 Å². The Balaban J connectivity index is 2.10. The number of aryl methyl sites for hydroxylation is 1. The largest absolute Gasteiger partial charge is 0.306 e. The fraction of sp³-hybridized carbons (Fsp3) is 0.294. The molecule has 2 aromatic rings. The van der Waals surface area contributed by atoms with Gasteiger partial charge < -0.3 is 5.32 Å². The summed E-state index contributed by atoms with van der Waals surface area (Å²) in [5.74, 6) is 0. The van der Waals surface area contributed by atoms with Crippen LogP contribution in [0, 0.1) is 17.0 Å². The molecular formula is C17H20N2O2. The van der Waals surface area contributed by atoms with Gasteiger partial charge in [-0.15, -0.1) is 0 Å². The van der Waals surface area contributed by atoms with E-state index in [4.69, 9.17) is 0 Å². The molecule has 4 nitrogen and oxygen atoms in total. The lowest BCUT2D eigenvalue weighted by molar-refractivity contribution is -0.385. The number of nitro benzene ring substituents is 1. The zero-order valence-electron chi connectivity index (χ0n) is 12.4. The second-order valence-electron chi connectivity index (χ2n) is 5.14. The van der Waals surface area contributed by atoms with E-state index in [2.05, 4.69) is 43.4 Å². The molecule has 0 saturated heterocycles. The highest BCUT2D eigenvalue weighted by Gasteiger charge is 2.14. The molecule has 0 saturated carbocycles. The van der Waals surface area contributed by atoms with E-state index in [0.29, 0.717) is 12.1 Å². The number of hydrogen-bond donors (Lipinski definition) is 1. The first-order chi connectivity index (χ1) is 10.1. The lowest BCUT2D eigenvalue weighted by atomic mass is 10.0. The molecule has 1 atom stereocenters. The summed E-state index contributed by atoms with van der Waals surface area (Å²) in [6.45, 7) is 4.66. The van der Waals surface area contributed by atoms with Gasteiger partial charge in [0.2, 0.25) is 0 Å². The highest BCUT2D eigenvalue weighted by molar-refractivity contribution is 5.39. The molecule has 0 aliphatic carbocycles. The highest BCUT2D eigenvalue weighted by atomic mass is 16.6. The lowest BCUT2D eigenvalue weighted by Gasteiger charge is -2.17. The third-order valence-electron chi connectivity index (χ3n) is 3.62. The van der Waals surface area contributed by atoms with Crippen molar-refractivity contribution in [2.75, 3.05) is 0 Å². The molecule has 2 aromatic carbocycles. The van der Waals surface area contributed by atoms with Crippen LogP contribution >= 0.6 is 0 Å². The molecule has 0 fully saturated rings. The zero-order valence-corrected chi connectivity index (χ0v) is 12.4. The molecule has 1 unspecified atom stereocenters. The van der Waals surface area contributed by atoms with Crippen molar-refractivity contribution in [1.82, 2.24) is 5.32 Å². The van der Waals surface area contributed by atoms with E-state index in [1.807, 2.05) is 6.07 Å². The van der Waals surface area contributed by atoms with Gasteiger partial charge in [0, 0.05) is 24.2 Å². The highest BCUT2D eigenvalue weighted by Crippen LogP contribution is 2.21. The first kappa shape index (κ1) is 15.2. The predicted octanol–water partition coefficient (Wildman–Crippen LogP) is 4.14. The van der Waals surface area contributed by atoms with Gasteiger partial charge in [-0.1, -0.05) is 55.0 Å². The van der Waals surface area contributed by atoms with E-state index in [0.717, 1.165) is 6.42 Å². The molecule has 0 aromatic heterocycles. The van der Waals surface area contributed by atoms with E-state index in [9.17, 15) is 10.1 Å². The smallest absolute Gasteiger partial charge is 0.273 e. The predicted molar refractivity (Wildman–Crippen MR) is 84.1 cm³/mol. The molecular weight excluding hydrogens is 264 g/mol. The van der Waals surface area contributed by atoms with Gasteiger partial charge in [0.15, 0.2) is 0 Å².